The first-order valence-electron chi connectivity index (χ1n) is 8.13. The fourth-order valence-corrected chi connectivity index (χ4v) is 3.18. The molecule has 0 radical (unpaired) electrons. The quantitative estimate of drug-likeness (QED) is 0.835. The summed E-state index contributed by atoms with van der Waals surface area (Å²) in [6.45, 7) is 8.69. The Labute approximate surface area is 128 Å². The monoisotopic (exact) mass is 291 g/mol. The highest BCUT2D eigenvalue weighted by Crippen LogP contribution is 2.26. The molecule has 1 saturated heterocycles. The maximum atomic E-state index is 4.56. The molecule has 2 rings (SSSR count). The summed E-state index contributed by atoms with van der Waals surface area (Å²) in [5.74, 6) is 2.84. The molecule has 1 N–H and O–H groups in total. The second-order valence-electron chi connectivity index (χ2n) is 6.10. The van der Waals surface area contributed by atoms with Gasteiger partial charge in [-0.1, -0.05) is 13.3 Å². The van der Waals surface area contributed by atoms with E-state index >= 15 is 0 Å². The second-order valence-corrected chi connectivity index (χ2v) is 6.10. The van der Waals surface area contributed by atoms with Crippen molar-refractivity contribution < 1.29 is 0 Å². The summed E-state index contributed by atoms with van der Waals surface area (Å²) in [7, 11) is 4.37. The van der Waals surface area contributed by atoms with Gasteiger partial charge in [0.1, 0.15) is 18.0 Å². The summed E-state index contributed by atoms with van der Waals surface area (Å²) in [6, 6.07) is 0. The van der Waals surface area contributed by atoms with E-state index in [1.807, 2.05) is 0 Å². The van der Waals surface area contributed by atoms with Crippen LogP contribution in [-0.2, 0) is 6.42 Å². The number of hydrogen-bond acceptors (Lipinski definition) is 5. The zero-order valence-corrected chi connectivity index (χ0v) is 13.9. The molecule has 1 aliphatic rings. The third kappa shape index (κ3) is 4.06. The number of nitrogens with zero attached hydrogens (tertiary/aromatic N) is 4. The number of anilines is 2. The molecule has 1 aliphatic heterocycles. The van der Waals surface area contributed by atoms with Crippen molar-refractivity contribution in [3.63, 3.8) is 0 Å². The lowest BCUT2D eigenvalue weighted by Gasteiger charge is -2.25. The molecule has 1 fully saturated rings. The maximum Gasteiger partial charge on any atom is 0.137 e. The molecule has 118 valence electrons. The molecule has 1 atom stereocenters. The Balaban J connectivity index is 2.14. The first-order valence-corrected chi connectivity index (χ1v) is 8.13. The van der Waals surface area contributed by atoms with Crippen molar-refractivity contribution in [3.8, 4) is 0 Å². The third-order valence-corrected chi connectivity index (χ3v) is 4.15. The molecule has 0 aromatic carbocycles. The topological polar surface area (TPSA) is 44.3 Å². The van der Waals surface area contributed by atoms with Gasteiger partial charge in [-0.3, -0.25) is 0 Å². The standard InChI is InChI=1S/C16H29N5/c1-5-7-14-15(17-6-2)18-12-19-16(14)21(4)11-13-8-9-20(3)10-13/h12-13H,5-11H2,1-4H3,(H,17,18,19). The normalized spacial score (nSPS) is 19.0. The van der Waals surface area contributed by atoms with Gasteiger partial charge in [-0.05, 0) is 39.3 Å². The van der Waals surface area contributed by atoms with Gasteiger partial charge in [-0.2, -0.15) is 0 Å². The lowest BCUT2D eigenvalue weighted by atomic mass is 10.1. The molecule has 1 unspecified atom stereocenters. The van der Waals surface area contributed by atoms with Crippen LogP contribution in [0.1, 0.15) is 32.3 Å². The van der Waals surface area contributed by atoms with Crippen LogP contribution in [0.5, 0.6) is 0 Å². The lowest BCUT2D eigenvalue weighted by Crippen LogP contribution is -2.29. The summed E-state index contributed by atoms with van der Waals surface area (Å²) in [5, 5.41) is 3.37. The zero-order valence-electron chi connectivity index (χ0n) is 13.9. The molecule has 5 heteroatoms. The third-order valence-electron chi connectivity index (χ3n) is 4.15. The van der Waals surface area contributed by atoms with Gasteiger partial charge in [0.2, 0.25) is 0 Å². The van der Waals surface area contributed by atoms with Crippen LogP contribution in [0.25, 0.3) is 0 Å². The van der Waals surface area contributed by atoms with Gasteiger partial charge in [-0.15, -0.1) is 0 Å². The van der Waals surface area contributed by atoms with E-state index in [1.54, 1.807) is 6.33 Å². The molecular formula is C16H29N5. The lowest BCUT2D eigenvalue weighted by molar-refractivity contribution is 0.395. The Kier molecular flexibility index (Phi) is 5.79. The van der Waals surface area contributed by atoms with E-state index in [9.17, 15) is 0 Å². The largest absolute Gasteiger partial charge is 0.370 e. The van der Waals surface area contributed by atoms with E-state index in [0.717, 1.165) is 43.5 Å². The summed E-state index contributed by atoms with van der Waals surface area (Å²) < 4.78 is 0. The van der Waals surface area contributed by atoms with Gasteiger partial charge in [0.25, 0.3) is 0 Å². The SMILES string of the molecule is CCCc1c(NCC)ncnc1N(C)CC1CCN(C)C1. The molecule has 0 saturated carbocycles. The molecule has 21 heavy (non-hydrogen) atoms. The molecule has 0 spiro atoms. The highest BCUT2D eigenvalue weighted by atomic mass is 15.2. The van der Waals surface area contributed by atoms with Crippen LogP contribution in [0.3, 0.4) is 0 Å². The Morgan fingerprint density at radius 3 is 2.81 bits per heavy atom. The van der Waals surface area contributed by atoms with Gasteiger partial charge in [0, 0.05) is 32.2 Å². The van der Waals surface area contributed by atoms with Crippen molar-refractivity contribution in [2.24, 2.45) is 5.92 Å². The predicted octanol–water partition coefficient (Wildman–Crippen LogP) is 2.25. The summed E-state index contributed by atoms with van der Waals surface area (Å²) in [6.07, 6.45) is 5.10. The van der Waals surface area contributed by atoms with Crippen molar-refractivity contribution in [1.82, 2.24) is 14.9 Å². The Morgan fingerprint density at radius 1 is 1.38 bits per heavy atom. The molecule has 2 heterocycles. The van der Waals surface area contributed by atoms with Crippen LogP contribution in [0, 0.1) is 5.92 Å². The first-order chi connectivity index (χ1) is 10.2. The number of aromatic nitrogens is 2. The van der Waals surface area contributed by atoms with Crippen LogP contribution in [0.2, 0.25) is 0 Å². The van der Waals surface area contributed by atoms with E-state index < -0.39 is 0 Å². The smallest absolute Gasteiger partial charge is 0.137 e. The average Bonchev–Trinajstić information content (AvgIpc) is 2.86. The van der Waals surface area contributed by atoms with E-state index in [0.29, 0.717) is 0 Å². The molecular weight excluding hydrogens is 262 g/mol. The minimum Gasteiger partial charge on any atom is -0.370 e. The Bertz CT molecular complexity index is 448. The average molecular weight is 291 g/mol. The van der Waals surface area contributed by atoms with E-state index in [2.05, 4.69) is 53.0 Å². The number of nitrogens with one attached hydrogen (secondary N) is 1. The second kappa shape index (κ2) is 7.59. The minimum absolute atomic E-state index is 0.743. The predicted molar refractivity (Wildman–Crippen MR) is 89.1 cm³/mol. The highest BCUT2D eigenvalue weighted by molar-refractivity contribution is 5.58. The van der Waals surface area contributed by atoms with Crippen LogP contribution in [0.15, 0.2) is 6.33 Å². The summed E-state index contributed by atoms with van der Waals surface area (Å²) in [4.78, 5) is 13.7. The Hall–Kier alpha value is -1.36. The van der Waals surface area contributed by atoms with E-state index in [-0.39, 0.29) is 0 Å². The van der Waals surface area contributed by atoms with E-state index in [1.165, 1.54) is 25.1 Å². The van der Waals surface area contributed by atoms with Gasteiger partial charge < -0.3 is 15.1 Å². The van der Waals surface area contributed by atoms with Crippen molar-refractivity contribution in [1.29, 1.82) is 0 Å². The van der Waals surface area contributed by atoms with Gasteiger partial charge in [-0.25, -0.2) is 9.97 Å². The zero-order chi connectivity index (χ0) is 15.2. The Morgan fingerprint density at radius 2 is 2.19 bits per heavy atom. The molecule has 1 aromatic rings. The van der Waals surface area contributed by atoms with Crippen molar-refractivity contribution in [3.05, 3.63) is 11.9 Å². The number of likely N-dealkylation sites (tertiary alicyclic amines) is 1. The molecule has 0 bridgehead atoms. The van der Waals surface area contributed by atoms with Crippen LogP contribution >= 0.6 is 0 Å². The van der Waals surface area contributed by atoms with Gasteiger partial charge in [0.15, 0.2) is 0 Å². The molecule has 5 nitrogen and oxygen atoms in total. The van der Waals surface area contributed by atoms with Crippen molar-refractivity contribution in [2.45, 2.75) is 33.1 Å². The first kappa shape index (κ1) is 16.0. The van der Waals surface area contributed by atoms with E-state index in [4.69, 9.17) is 0 Å². The number of hydrogen-bond donors (Lipinski definition) is 1. The molecule has 1 aromatic heterocycles. The fourth-order valence-electron chi connectivity index (χ4n) is 3.18. The summed E-state index contributed by atoms with van der Waals surface area (Å²) in [5.41, 5.74) is 1.26. The maximum absolute atomic E-state index is 4.56. The van der Waals surface area contributed by atoms with Gasteiger partial charge in [0.05, 0.1) is 0 Å². The van der Waals surface area contributed by atoms with Crippen LogP contribution < -0.4 is 10.2 Å². The van der Waals surface area contributed by atoms with Crippen LogP contribution in [-0.4, -0.2) is 55.1 Å². The fraction of sp³-hybridized carbons (Fsp3) is 0.750. The highest BCUT2D eigenvalue weighted by Gasteiger charge is 2.22. The van der Waals surface area contributed by atoms with Crippen molar-refractivity contribution in [2.75, 3.05) is 50.5 Å². The molecule has 0 aliphatic carbocycles. The summed E-state index contributed by atoms with van der Waals surface area (Å²) >= 11 is 0. The van der Waals surface area contributed by atoms with Gasteiger partial charge >= 0.3 is 0 Å². The number of rotatable bonds is 7. The minimum atomic E-state index is 0.743. The van der Waals surface area contributed by atoms with Crippen molar-refractivity contribution >= 4 is 11.6 Å². The van der Waals surface area contributed by atoms with Crippen LogP contribution in [0.4, 0.5) is 11.6 Å². The molecule has 0 amide bonds.